The Bertz CT molecular complexity index is 522. The molecule has 1 unspecified atom stereocenters. The molecule has 1 heterocycles. The van der Waals surface area contributed by atoms with Crippen molar-refractivity contribution in [1.29, 1.82) is 0 Å². The molecule has 0 radical (unpaired) electrons. The van der Waals surface area contributed by atoms with Crippen LogP contribution in [0, 0.1) is 0 Å². The molecule has 0 saturated heterocycles. The maximum Gasteiger partial charge on any atom is 0.243 e. The first-order chi connectivity index (χ1) is 9.20. The number of aromatic nitrogens is 2. The number of benzene rings is 1. The van der Waals surface area contributed by atoms with Crippen LogP contribution in [0.15, 0.2) is 36.5 Å². The number of ether oxygens (including phenoxy) is 1. The summed E-state index contributed by atoms with van der Waals surface area (Å²) in [5, 5.41) is 9.49. The zero-order chi connectivity index (χ0) is 13.7. The van der Waals surface area contributed by atoms with Crippen molar-refractivity contribution in [1.82, 2.24) is 10.2 Å². The summed E-state index contributed by atoms with van der Waals surface area (Å²) in [6, 6.07) is 8.62. The molecule has 1 atom stereocenters. The van der Waals surface area contributed by atoms with E-state index in [9.17, 15) is 4.79 Å². The maximum atomic E-state index is 11.7. The SMILES string of the molecule is COCC(N)C(=O)Nc1ccc(-c2ccn[nH]2)cc1. The van der Waals surface area contributed by atoms with Gasteiger partial charge in [0, 0.05) is 19.0 Å². The van der Waals surface area contributed by atoms with Crippen LogP contribution in [0.4, 0.5) is 5.69 Å². The van der Waals surface area contributed by atoms with Gasteiger partial charge < -0.3 is 15.8 Å². The van der Waals surface area contributed by atoms with Crippen LogP contribution < -0.4 is 11.1 Å². The number of nitrogens with two attached hydrogens (primary N) is 1. The van der Waals surface area contributed by atoms with Crippen LogP contribution in [-0.4, -0.2) is 35.9 Å². The first-order valence-electron chi connectivity index (χ1n) is 5.86. The fourth-order valence-electron chi connectivity index (χ4n) is 1.64. The Balaban J connectivity index is 2.01. The van der Waals surface area contributed by atoms with Gasteiger partial charge in [-0.15, -0.1) is 0 Å². The van der Waals surface area contributed by atoms with Gasteiger partial charge in [0.1, 0.15) is 6.04 Å². The maximum absolute atomic E-state index is 11.7. The van der Waals surface area contributed by atoms with Crippen molar-refractivity contribution in [3.8, 4) is 11.3 Å². The van der Waals surface area contributed by atoms with Crippen LogP contribution in [0.5, 0.6) is 0 Å². The second kappa shape index (κ2) is 6.12. The van der Waals surface area contributed by atoms with Gasteiger partial charge in [0.25, 0.3) is 0 Å². The van der Waals surface area contributed by atoms with Gasteiger partial charge in [-0.25, -0.2) is 0 Å². The highest BCUT2D eigenvalue weighted by Gasteiger charge is 2.12. The molecule has 0 aliphatic heterocycles. The highest BCUT2D eigenvalue weighted by molar-refractivity contribution is 5.94. The largest absolute Gasteiger partial charge is 0.383 e. The lowest BCUT2D eigenvalue weighted by molar-refractivity contribution is -0.118. The van der Waals surface area contributed by atoms with Crippen molar-refractivity contribution in [2.45, 2.75) is 6.04 Å². The Morgan fingerprint density at radius 2 is 2.16 bits per heavy atom. The van der Waals surface area contributed by atoms with E-state index in [1.54, 1.807) is 6.20 Å². The number of aromatic amines is 1. The number of anilines is 1. The topological polar surface area (TPSA) is 93.0 Å². The molecule has 0 bridgehead atoms. The summed E-state index contributed by atoms with van der Waals surface area (Å²) < 4.78 is 4.83. The van der Waals surface area contributed by atoms with Crippen molar-refractivity contribution in [2.75, 3.05) is 19.0 Å². The Labute approximate surface area is 111 Å². The minimum absolute atomic E-state index is 0.193. The smallest absolute Gasteiger partial charge is 0.243 e. The van der Waals surface area contributed by atoms with Crippen LogP contribution in [0.1, 0.15) is 0 Å². The van der Waals surface area contributed by atoms with E-state index < -0.39 is 6.04 Å². The zero-order valence-electron chi connectivity index (χ0n) is 10.6. The molecule has 1 aromatic carbocycles. The summed E-state index contributed by atoms with van der Waals surface area (Å²) in [4.78, 5) is 11.7. The molecule has 2 aromatic rings. The van der Waals surface area contributed by atoms with Gasteiger partial charge in [0.15, 0.2) is 0 Å². The van der Waals surface area contributed by atoms with Crippen LogP contribution >= 0.6 is 0 Å². The second-order valence-corrected chi connectivity index (χ2v) is 4.10. The third-order valence-electron chi connectivity index (χ3n) is 2.65. The summed E-state index contributed by atoms with van der Waals surface area (Å²) in [7, 11) is 1.51. The van der Waals surface area contributed by atoms with E-state index in [0.717, 1.165) is 11.3 Å². The van der Waals surface area contributed by atoms with Crippen molar-refractivity contribution in [3.05, 3.63) is 36.5 Å². The molecule has 0 fully saturated rings. The van der Waals surface area contributed by atoms with E-state index in [2.05, 4.69) is 15.5 Å². The van der Waals surface area contributed by atoms with Gasteiger partial charge in [0.2, 0.25) is 5.91 Å². The Morgan fingerprint density at radius 1 is 1.42 bits per heavy atom. The molecular formula is C13H16N4O2. The number of hydrogen-bond donors (Lipinski definition) is 3. The van der Waals surface area contributed by atoms with E-state index in [1.165, 1.54) is 7.11 Å². The van der Waals surface area contributed by atoms with Gasteiger partial charge in [-0.05, 0) is 23.8 Å². The molecule has 6 heteroatoms. The molecule has 4 N–H and O–H groups in total. The minimum atomic E-state index is -0.669. The average molecular weight is 260 g/mol. The second-order valence-electron chi connectivity index (χ2n) is 4.10. The quantitative estimate of drug-likeness (QED) is 0.747. The van der Waals surface area contributed by atoms with Crippen LogP contribution in [0.3, 0.4) is 0 Å². The van der Waals surface area contributed by atoms with Gasteiger partial charge in [-0.2, -0.15) is 5.10 Å². The number of carbonyl (C=O) groups excluding carboxylic acids is 1. The van der Waals surface area contributed by atoms with Crippen molar-refractivity contribution >= 4 is 11.6 Å². The number of rotatable bonds is 5. The molecule has 100 valence electrons. The van der Waals surface area contributed by atoms with Gasteiger partial charge >= 0.3 is 0 Å². The van der Waals surface area contributed by atoms with Crippen LogP contribution in [-0.2, 0) is 9.53 Å². The predicted octanol–water partition coefficient (Wildman–Crippen LogP) is 0.989. The van der Waals surface area contributed by atoms with Gasteiger partial charge in [-0.1, -0.05) is 12.1 Å². The third kappa shape index (κ3) is 3.40. The Kier molecular flexibility index (Phi) is 4.27. The number of nitrogens with one attached hydrogen (secondary N) is 2. The van der Waals surface area contributed by atoms with E-state index in [-0.39, 0.29) is 12.5 Å². The van der Waals surface area contributed by atoms with Crippen LogP contribution in [0.25, 0.3) is 11.3 Å². The van der Waals surface area contributed by atoms with E-state index in [1.807, 2.05) is 30.3 Å². The summed E-state index contributed by atoms with van der Waals surface area (Å²) >= 11 is 0. The molecule has 0 aliphatic rings. The number of H-pyrrole nitrogens is 1. The van der Waals surface area contributed by atoms with Crippen molar-refractivity contribution in [3.63, 3.8) is 0 Å². The van der Waals surface area contributed by atoms with Crippen molar-refractivity contribution < 1.29 is 9.53 Å². The molecule has 0 spiro atoms. The third-order valence-corrected chi connectivity index (χ3v) is 2.65. The summed E-state index contributed by atoms with van der Waals surface area (Å²) in [5.74, 6) is -0.267. The predicted molar refractivity (Wildman–Crippen MR) is 72.5 cm³/mol. The number of amides is 1. The summed E-state index contributed by atoms with van der Waals surface area (Å²) in [5.41, 5.74) is 8.25. The summed E-state index contributed by atoms with van der Waals surface area (Å²) in [6.07, 6.45) is 1.69. The van der Waals surface area contributed by atoms with E-state index in [4.69, 9.17) is 10.5 Å². The van der Waals surface area contributed by atoms with Crippen molar-refractivity contribution in [2.24, 2.45) is 5.73 Å². The zero-order valence-corrected chi connectivity index (χ0v) is 10.6. The molecule has 19 heavy (non-hydrogen) atoms. The fraction of sp³-hybridized carbons (Fsp3) is 0.231. The standard InChI is InChI=1S/C13H16N4O2/c1-19-8-11(14)13(18)16-10-4-2-9(3-5-10)12-6-7-15-17-12/h2-7,11H,8,14H2,1H3,(H,15,17)(H,16,18). The minimum Gasteiger partial charge on any atom is -0.383 e. The lowest BCUT2D eigenvalue weighted by Gasteiger charge is -2.11. The van der Waals surface area contributed by atoms with E-state index in [0.29, 0.717) is 5.69 Å². The van der Waals surface area contributed by atoms with Gasteiger partial charge in [0.05, 0.1) is 12.3 Å². The molecule has 1 amide bonds. The number of carbonyl (C=O) groups is 1. The lowest BCUT2D eigenvalue weighted by atomic mass is 10.1. The lowest BCUT2D eigenvalue weighted by Crippen LogP contribution is -2.39. The molecule has 0 aliphatic carbocycles. The van der Waals surface area contributed by atoms with Crippen LogP contribution in [0.2, 0.25) is 0 Å². The Hall–Kier alpha value is -2.18. The normalized spacial score (nSPS) is 12.1. The molecule has 6 nitrogen and oxygen atoms in total. The van der Waals surface area contributed by atoms with Gasteiger partial charge in [-0.3, -0.25) is 9.89 Å². The first kappa shape index (κ1) is 13.3. The Morgan fingerprint density at radius 3 is 2.74 bits per heavy atom. The molecule has 1 aromatic heterocycles. The highest BCUT2D eigenvalue weighted by atomic mass is 16.5. The average Bonchev–Trinajstić information content (AvgIpc) is 2.94. The molecule has 2 rings (SSSR count). The highest BCUT2D eigenvalue weighted by Crippen LogP contribution is 2.18. The first-order valence-corrected chi connectivity index (χ1v) is 5.86. The summed E-state index contributed by atoms with van der Waals surface area (Å²) in [6.45, 7) is 0.193. The number of methoxy groups -OCH3 is 1. The van der Waals surface area contributed by atoms with E-state index >= 15 is 0 Å². The number of nitrogens with zero attached hydrogens (tertiary/aromatic N) is 1. The number of hydrogen-bond acceptors (Lipinski definition) is 4. The monoisotopic (exact) mass is 260 g/mol. The molecular weight excluding hydrogens is 244 g/mol. The molecule has 0 saturated carbocycles. The fourth-order valence-corrected chi connectivity index (χ4v) is 1.64.